The molecule has 0 unspecified atom stereocenters. The first kappa shape index (κ1) is 16.7. The number of hydrogen-bond donors (Lipinski definition) is 0. The second kappa shape index (κ2) is 6.65. The standard InChI is InChI=1S/C15H25NO3S2/c1-4-5-12-6-7-13-14(8-12)20-15(17)16(13)9-11(2)10-21(3,18)19/h11-12H,4-10H2,1-3H3/t11-,12+/m0/s1. The Morgan fingerprint density at radius 1 is 1.43 bits per heavy atom. The predicted octanol–water partition coefficient (Wildman–Crippen LogP) is 2.50. The van der Waals surface area contributed by atoms with Gasteiger partial charge in [0.2, 0.25) is 0 Å². The fourth-order valence-corrected chi connectivity index (χ4v) is 5.63. The SMILES string of the molecule is CCC[C@@H]1CCc2c(sc(=O)n2C[C@H](C)CS(C)(=O)=O)C1. The van der Waals surface area contributed by atoms with Gasteiger partial charge in [-0.05, 0) is 31.1 Å². The summed E-state index contributed by atoms with van der Waals surface area (Å²) < 4.78 is 24.6. The molecule has 6 heteroatoms. The summed E-state index contributed by atoms with van der Waals surface area (Å²) in [4.78, 5) is 13.5. The van der Waals surface area contributed by atoms with Crippen molar-refractivity contribution in [2.45, 2.75) is 52.5 Å². The summed E-state index contributed by atoms with van der Waals surface area (Å²) in [6.45, 7) is 4.63. The monoisotopic (exact) mass is 331 g/mol. The van der Waals surface area contributed by atoms with Gasteiger partial charge >= 0.3 is 4.87 Å². The van der Waals surface area contributed by atoms with Crippen LogP contribution >= 0.6 is 11.3 Å². The average Bonchev–Trinajstić information content (AvgIpc) is 2.63. The van der Waals surface area contributed by atoms with E-state index >= 15 is 0 Å². The molecule has 1 aromatic rings. The third-order valence-corrected chi connectivity index (χ3v) is 6.34. The molecule has 0 amide bonds. The molecule has 0 bridgehead atoms. The van der Waals surface area contributed by atoms with E-state index in [1.165, 1.54) is 35.3 Å². The number of nitrogens with zero attached hydrogens (tertiary/aromatic N) is 1. The Kier molecular flexibility index (Phi) is 5.30. The molecule has 0 N–H and O–H groups in total. The van der Waals surface area contributed by atoms with E-state index in [1.54, 1.807) is 0 Å². The second-order valence-corrected chi connectivity index (χ2v) is 9.67. The molecule has 4 nitrogen and oxygen atoms in total. The molecule has 0 spiro atoms. The van der Waals surface area contributed by atoms with E-state index in [1.807, 2.05) is 11.5 Å². The zero-order valence-corrected chi connectivity index (χ0v) is 14.7. The maximum absolute atomic E-state index is 12.2. The summed E-state index contributed by atoms with van der Waals surface area (Å²) in [5.74, 6) is 0.829. The van der Waals surface area contributed by atoms with Crippen LogP contribution in [0.15, 0.2) is 4.79 Å². The van der Waals surface area contributed by atoms with E-state index in [9.17, 15) is 13.2 Å². The maximum atomic E-state index is 12.2. The van der Waals surface area contributed by atoms with Crippen LogP contribution in [0, 0.1) is 11.8 Å². The van der Waals surface area contributed by atoms with Gasteiger partial charge in [0.15, 0.2) is 0 Å². The average molecular weight is 332 g/mol. The fraction of sp³-hybridized carbons (Fsp3) is 0.800. The minimum atomic E-state index is -2.99. The Bertz CT molecular complexity index is 642. The van der Waals surface area contributed by atoms with Crippen LogP contribution in [-0.4, -0.2) is 25.0 Å². The molecular weight excluding hydrogens is 306 g/mol. The van der Waals surface area contributed by atoms with Crippen molar-refractivity contribution in [3.8, 4) is 0 Å². The third kappa shape index (κ3) is 4.42. The maximum Gasteiger partial charge on any atom is 0.307 e. The third-order valence-electron chi connectivity index (χ3n) is 4.12. The van der Waals surface area contributed by atoms with Gasteiger partial charge in [0.25, 0.3) is 0 Å². The molecule has 2 atom stereocenters. The van der Waals surface area contributed by atoms with E-state index in [-0.39, 0.29) is 16.5 Å². The smallest absolute Gasteiger partial charge is 0.302 e. The Labute approximate surface area is 131 Å². The summed E-state index contributed by atoms with van der Waals surface area (Å²) in [7, 11) is -2.99. The zero-order chi connectivity index (χ0) is 15.6. The van der Waals surface area contributed by atoms with Gasteiger partial charge < -0.3 is 4.57 Å². The molecule has 21 heavy (non-hydrogen) atoms. The fourth-order valence-electron chi connectivity index (χ4n) is 3.34. The van der Waals surface area contributed by atoms with Crippen LogP contribution in [0.25, 0.3) is 0 Å². The van der Waals surface area contributed by atoms with E-state index in [2.05, 4.69) is 6.92 Å². The number of aromatic nitrogens is 1. The first-order chi connectivity index (χ1) is 9.80. The second-order valence-electron chi connectivity index (χ2n) is 6.44. The highest BCUT2D eigenvalue weighted by atomic mass is 32.2. The summed E-state index contributed by atoms with van der Waals surface area (Å²) >= 11 is 1.36. The number of hydrogen-bond acceptors (Lipinski definition) is 4. The largest absolute Gasteiger partial charge is 0.307 e. The molecule has 120 valence electrons. The minimum Gasteiger partial charge on any atom is -0.302 e. The van der Waals surface area contributed by atoms with E-state index < -0.39 is 9.84 Å². The highest BCUT2D eigenvalue weighted by Gasteiger charge is 2.25. The quantitative estimate of drug-likeness (QED) is 0.805. The van der Waals surface area contributed by atoms with Gasteiger partial charge in [-0.3, -0.25) is 4.79 Å². The normalized spacial score (nSPS) is 20.2. The molecule has 1 aliphatic carbocycles. The van der Waals surface area contributed by atoms with Gasteiger partial charge in [0, 0.05) is 23.4 Å². The molecule has 0 fully saturated rings. The number of sulfone groups is 1. The van der Waals surface area contributed by atoms with Gasteiger partial charge in [-0.1, -0.05) is 38.0 Å². The van der Waals surface area contributed by atoms with Crippen LogP contribution in [0.5, 0.6) is 0 Å². The van der Waals surface area contributed by atoms with Gasteiger partial charge in [-0.15, -0.1) is 0 Å². The van der Waals surface area contributed by atoms with Crippen LogP contribution in [-0.2, 0) is 29.2 Å². The first-order valence-electron chi connectivity index (χ1n) is 7.69. The number of rotatable bonds is 6. The van der Waals surface area contributed by atoms with Crippen molar-refractivity contribution in [3.05, 3.63) is 20.2 Å². The molecule has 0 saturated heterocycles. The van der Waals surface area contributed by atoms with Gasteiger partial charge in [0.05, 0.1) is 5.75 Å². The molecule has 0 aliphatic heterocycles. The van der Waals surface area contributed by atoms with Crippen LogP contribution in [0.4, 0.5) is 0 Å². The lowest BCUT2D eigenvalue weighted by Gasteiger charge is -2.23. The van der Waals surface area contributed by atoms with Crippen molar-refractivity contribution in [3.63, 3.8) is 0 Å². The Morgan fingerprint density at radius 2 is 2.14 bits per heavy atom. The highest BCUT2D eigenvalue weighted by Crippen LogP contribution is 2.30. The summed E-state index contributed by atoms with van der Waals surface area (Å²) in [5.41, 5.74) is 1.16. The molecule has 0 aromatic carbocycles. The Balaban J connectivity index is 2.14. The van der Waals surface area contributed by atoms with Gasteiger partial charge in [-0.25, -0.2) is 8.42 Å². The van der Waals surface area contributed by atoms with Crippen molar-refractivity contribution in [1.82, 2.24) is 4.57 Å². The van der Waals surface area contributed by atoms with Crippen molar-refractivity contribution in [2.75, 3.05) is 12.0 Å². The van der Waals surface area contributed by atoms with Gasteiger partial charge in [-0.2, -0.15) is 0 Å². The van der Waals surface area contributed by atoms with Crippen molar-refractivity contribution < 1.29 is 8.42 Å². The topological polar surface area (TPSA) is 56.1 Å². The molecule has 0 saturated carbocycles. The zero-order valence-electron chi connectivity index (χ0n) is 13.1. The molecule has 0 radical (unpaired) electrons. The van der Waals surface area contributed by atoms with Crippen LogP contribution in [0.1, 0.15) is 43.7 Å². The van der Waals surface area contributed by atoms with Crippen LogP contribution in [0.2, 0.25) is 0 Å². The van der Waals surface area contributed by atoms with Crippen molar-refractivity contribution in [2.24, 2.45) is 11.8 Å². The molecule has 2 rings (SSSR count). The minimum absolute atomic E-state index is 0.0234. The number of fused-ring (bicyclic) bond motifs is 1. The molecule has 1 aliphatic rings. The lowest BCUT2D eigenvalue weighted by Crippen LogP contribution is -2.25. The summed E-state index contributed by atoms with van der Waals surface area (Å²) in [5, 5.41) is 0. The predicted molar refractivity (Wildman–Crippen MR) is 87.9 cm³/mol. The first-order valence-corrected chi connectivity index (χ1v) is 10.6. The molecular formula is C15H25NO3S2. The van der Waals surface area contributed by atoms with E-state index in [0.717, 1.165) is 25.0 Å². The summed E-state index contributed by atoms with van der Waals surface area (Å²) in [6.07, 6.45) is 6.82. The van der Waals surface area contributed by atoms with Crippen LogP contribution < -0.4 is 4.87 Å². The van der Waals surface area contributed by atoms with Crippen molar-refractivity contribution in [1.29, 1.82) is 0 Å². The van der Waals surface area contributed by atoms with Gasteiger partial charge in [0.1, 0.15) is 9.84 Å². The van der Waals surface area contributed by atoms with E-state index in [0.29, 0.717) is 12.5 Å². The lowest BCUT2D eigenvalue weighted by molar-refractivity contribution is 0.407. The summed E-state index contributed by atoms with van der Waals surface area (Å²) in [6, 6.07) is 0. The lowest BCUT2D eigenvalue weighted by atomic mass is 9.87. The molecule has 1 heterocycles. The number of thiazole rings is 1. The van der Waals surface area contributed by atoms with Crippen LogP contribution in [0.3, 0.4) is 0 Å². The van der Waals surface area contributed by atoms with Crippen molar-refractivity contribution >= 4 is 21.2 Å². The molecule has 1 aromatic heterocycles. The Hall–Kier alpha value is -0.620. The van der Waals surface area contributed by atoms with E-state index in [4.69, 9.17) is 0 Å². The Morgan fingerprint density at radius 3 is 2.76 bits per heavy atom. The highest BCUT2D eigenvalue weighted by molar-refractivity contribution is 7.90.